The molecule has 0 aromatic carbocycles. The standard InChI is InChI=1S/C11H18O2/c1-3-4-5-6-7-10-8-9(2)11(12)13-10/h10H,2-8H2,1H3. The van der Waals surface area contributed by atoms with Crippen molar-refractivity contribution in [1.82, 2.24) is 0 Å². The fourth-order valence-electron chi connectivity index (χ4n) is 1.59. The van der Waals surface area contributed by atoms with E-state index in [-0.39, 0.29) is 12.1 Å². The van der Waals surface area contributed by atoms with Gasteiger partial charge >= 0.3 is 5.97 Å². The van der Waals surface area contributed by atoms with Crippen LogP contribution in [0.25, 0.3) is 0 Å². The number of ether oxygens (including phenoxy) is 1. The zero-order valence-electron chi connectivity index (χ0n) is 8.34. The van der Waals surface area contributed by atoms with E-state index in [1.807, 2.05) is 0 Å². The maximum absolute atomic E-state index is 11.0. The summed E-state index contributed by atoms with van der Waals surface area (Å²) in [6, 6.07) is 0. The lowest BCUT2D eigenvalue weighted by Gasteiger charge is -2.07. The number of hydrogen-bond acceptors (Lipinski definition) is 2. The lowest BCUT2D eigenvalue weighted by atomic mass is 10.1. The maximum atomic E-state index is 11.0. The molecule has 1 unspecified atom stereocenters. The Bertz CT molecular complexity index is 180. The van der Waals surface area contributed by atoms with E-state index in [1.54, 1.807) is 0 Å². The van der Waals surface area contributed by atoms with Crippen LogP contribution in [-0.4, -0.2) is 12.1 Å². The first-order valence-electron chi connectivity index (χ1n) is 5.12. The molecule has 0 spiro atoms. The minimum Gasteiger partial charge on any atom is -0.459 e. The van der Waals surface area contributed by atoms with Crippen LogP contribution in [0.4, 0.5) is 0 Å². The molecule has 1 fully saturated rings. The third-order valence-electron chi connectivity index (χ3n) is 2.42. The molecule has 1 aliphatic rings. The molecule has 2 heteroatoms. The summed E-state index contributed by atoms with van der Waals surface area (Å²) < 4.78 is 5.12. The Morgan fingerprint density at radius 1 is 1.46 bits per heavy atom. The van der Waals surface area contributed by atoms with Crippen molar-refractivity contribution in [2.45, 2.75) is 51.6 Å². The van der Waals surface area contributed by atoms with Crippen LogP contribution in [0, 0.1) is 0 Å². The summed E-state index contributed by atoms with van der Waals surface area (Å²) in [5.41, 5.74) is 0.639. The SMILES string of the molecule is C=C1CC(CCCCCC)OC1=O. The number of hydrogen-bond donors (Lipinski definition) is 0. The van der Waals surface area contributed by atoms with Gasteiger partial charge in [0.15, 0.2) is 0 Å². The van der Waals surface area contributed by atoms with E-state index in [4.69, 9.17) is 4.74 Å². The van der Waals surface area contributed by atoms with Gasteiger partial charge in [0.2, 0.25) is 0 Å². The smallest absolute Gasteiger partial charge is 0.333 e. The van der Waals surface area contributed by atoms with E-state index in [9.17, 15) is 4.79 Å². The monoisotopic (exact) mass is 182 g/mol. The minimum atomic E-state index is -0.194. The van der Waals surface area contributed by atoms with Gasteiger partial charge < -0.3 is 4.74 Å². The Kier molecular flexibility index (Phi) is 4.00. The number of rotatable bonds is 5. The second-order valence-electron chi connectivity index (χ2n) is 3.68. The Balaban J connectivity index is 2.10. The van der Waals surface area contributed by atoms with Gasteiger partial charge in [-0.3, -0.25) is 0 Å². The molecule has 0 amide bonds. The second-order valence-corrected chi connectivity index (χ2v) is 3.68. The van der Waals surface area contributed by atoms with Crippen LogP contribution in [0.5, 0.6) is 0 Å². The molecule has 74 valence electrons. The van der Waals surface area contributed by atoms with E-state index in [2.05, 4.69) is 13.5 Å². The van der Waals surface area contributed by atoms with Gasteiger partial charge in [-0.15, -0.1) is 0 Å². The van der Waals surface area contributed by atoms with Crippen molar-refractivity contribution in [2.24, 2.45) is 0 Å². The van der Waals surface area contributed by atoms with Crippen LogP contribution in [0.15, 0.2) is 12.2 Å². The third-order valence-corrected chi connectivity index (χ3v) is 2.42. The fourth-order valence-corrected chi connectivity index (χ4v) is 1.59. The molecule has 0 aromatic rings. The number of cyclic esters (lactones) is 1. The van der Waals surface area contributed by atoms with Crippen LogP contribution >= 0.6 is 0 Å². The van der Waals surface area contributed by atoms with Crippen molar-refractivity contribution in [3.05, 3.63) is 12.2 Å². The number of carbonyl (C=O) groups excluding carboxylic acids is 1. The van der Waals surface area contributed by atoms with E-state index >= 15 is 0 Å². The molecule has 1 saturated heterocycles. The first-order valence-corrected chi connectivity index (χ1v) is 5.12. The van der Waals surface area contributed by atoms with Gasteiger partial charge in [0.25, 0.3) is 0 Å². The van der Waals surface area contributed by atoms with Crippen LogP contribution in [-0.2, 0) is 9.53 Å². The number of unbranched alkanes of at least 4 members (excludes halogenated alkanes) is 3. The van der Waals surface area contributed by atoms with Gasteiger partial charge in [0.1, 0.15) is 6.10 Å². The summed E-state index contributed by atoms with van der Waals surface area (Å²) in [5.74, 6) is -0.194. The normalized spacial score (nSPS) is 22.1. The van der Waals surface area contributed by atoms with Gasteiger partial charge in [-0.1, -0.05) is 32.8 Å². The molecule has 0 N–H and O–H groups in total. The zero-order chi connectivity index (χ0) is 9.68. The highest BCUT2D eigenvalue weighted by Gasteiger charge is 2.26. The molecule has 1 rings (SSSR count). The van der Waals surface area contributed by atoms with Crippen molar-refractivity contribution in [3.63, 3.8) is 0 Å². The van der Waals surface area contributed by atoms with Crippen molar-refractivity contribution < 1.29 is 9.53 Å². The minimum absolute atomic E-state index is 0.122. The van der Waals surface area contributed by atoms with Crippen LogP contribution < -0.4 is 0 Å². The highest BCUT2D eigenvalue weighted by atomic mass is 16.5. The summed E-state index contributed by atoms with van der Waals surface area (Å²) in [6.07, 6.45) is 6.81. The van der Waals surface area contributed by atoms with Gasteiger partial charge in [-0.2, -0.15) is 0 Å². The average molecular weight is 182 g/mol. The van der Waals surface area contributed by atoms with Gasteiger partial charge in [-0.25, -0.2) is 4.79 Å². The Morgan fingerprint density at radius 3 is 2.77 bits per heavy atom. The summed E-state index contributed by atoms with van der Waals surface area (Å²) in [4.78, 5) is 11.0. The first kappa shape index (κ1) is 10.3. The third kappa shape index (κ3) is 3.21. The molecular weight excluding hydrogens is 164 g/mol. The molecule has 13 heavy (non-hydrogen) atoms. The molecule has 1 heterocycles. The molecule has 1 aliphatic heterocycles. The lowest BCUT2D eigenvalue weighted by Crippen LogP contribution is -2.05. The fraction of sp³-hybridized carbons (Fsp3) is 0.727. The van der Waals surface area contributed by atoms with E-state index in [0.717, 1.165) is 12.8 Å². The zero-order valence-corrected chi connectivity index (χ0v) is 8.34. The quantitative estimate of drug-likeness (QED) is 0.371. The molecule has 0 radical (unpaired) electrons. The first-order chi connectivity index (χ1) is 6.24. The van der Waals surface area contributed by atoms with Crippen molar-refractivity contribution >= 4 is 5.97 Å². The summed E-state index contributed by atoms with van der Waals surface area (Å²) >= 11 is 0. The second kappa shape index (κ2) is 5.05. The molecule has 0 aliphatic carbocycles. The summed E-state index contributed by atoms with van der Waals surface area (Å²) in [7, 11) is 0. The van der Waals surface area contributed by atoms with E-state index < -0.39 is 0 Å². The maximum Gasteiger partial charge on any atom is 0.333 e. The molecule has 1 atom stereocenters. The van der Waals surface area contributed by atoms with Crippen molar-refractivity contribution in [1.29, 1.82) is 0 Å². The van der Waals surface area contributed by atoms with Crippen LogP contribution in [0.1, 0.15) is 45.4 Å². The van der Waals surface area contributed by atoms with Crippen LogP contribution in [0.3, 0.4) is 0 Å². The predicted octanol–water partition coefficient (Wildman–Crippen LogP) is 2.83. The molecule has 0 saturated carbocycles. The van der Waals surface area contributed by atoms with Gasteiger partial charge in [0, 0.05) is 12.0 Å². The number of esters is 1. The highest BCUT2D eigenvalue weighted by molar-refractivity contribution is 5.89. The van der Waals surface area contributed by atoms with E-state index in [1.165, 1.54) is 25.7 Å². The Morgan fingerprint density at radius 2 is 2.23 bits per heavy atom. The number of carbonyl (C=O) groups is 1. The molecule has 0 aromatic heterocycles. The molecular formula is C11H18O2. The van der Waals surface area contributed by atoms with E-state index in [0.29, 0.717) is 5.57 Å². The van der Waals surface area contributed by atoms with Gasteiger partial charge in [-0.05, 0) is 12.8 Å². The largest absolute Gasteiger partial charge is 0.459 e. The molecule has 2 nitrogen and oxygen atoms in total. The highest BCUT2D eigenvalue weighted by Crippen LogP contribution is 2.22. The average Bonchev–Trinajstić information content (AvgIpc) is 2.41. The van der Waals surface area contributed by atoms with Crippen LogP contribution in [0.2, 0.25) is 0 Å². The van der Waals surface area contributed by atoms with Gasteiger partial charge in [0.05, 0.1) is 0 Å². The Labute approximate surface area is 80.0 Å². The van der Waals surface area contributed by atoms with Crippen molar-refractivity contribution in [3.8, 4) is 0 Å². The Hall–Kier alpha value is -0.790. The summed E-state index contributed by atoms with van der Waals surface area (Å²) in [5, 5.41) is 0. The molecule has 0 bridgehead atoms. The predicted molar refractivity (Wildman–Crippen MR) is 52.4 cm³/mol. The summed E-state index contributed by atoms with van der Waals surface area (Å²) in [6.45, 7) is 5.85. The lowest BCUT2D eigenvalue weighted by molar-refractivity contribution is -0.139. The topological polar surface area (TPSA) is 26.3 Å². The van der Waals surface area contributed by atoms with Crippen molar-refractivity contribution in [2.75, 3.05) is 0 Å².